The molecule has 0 heterocycles. The van der Waals surface area contributed by atoms with Gasteiger partial charge in [0.05, 0.1) is 4.90 Å². The first-order chi connectivity index (χ1) is 11.9. The van der Waals surface area contributed by atoms with Crippen LogP contribution in [0, 0.1) is 5.82 Å². The second kappa shape index (κ2) is 8.73. The number of nitrogens with zero attached hydrogens (tertiary/aromatic N) is 1. The predicted molar refractivity (Wildman–Crippen MR) is 94.0 cm³/mol. The van der Waals surface area contributed by atoms with Gasteiger partial charge in [-0.15, -0.1) is 0 Å². The van der Waals surface area contributed by atoms with Gasteiger partial charge in [-0.05, 0) is 36.2 Å². The fourth-order valence-electron chi connectivity index (χ4n) is 2.35. The van der Waals surface area contributed by atoms with Crippen LogP contribution in [0.2, 0.25) is 0 Å². The molecular formula is C18H21FN2O3S. The largest absolute Gasteiger partial charge is 0.341 e. The van der Waals surface area contributed by atoms with Gasteiger partial charge in [0, 0.05) is 26.6 Å². The molecule has 0 bridgehead atoms. The summed E-state index contributed by atoms with van der Waals surface area (Å²) in [7, 11) is -3.72. The average molecular weight is 364 g/mol. The molecule has 1 N–H and O–H groups in total. The number of benzene rings is 2. The number of rotatable bonds is 8. The molecule has 0 atom stereocenters. The van der Waals surface area contributed by atoms with E-state index in [2.05, 4.69) is 4.72 Å². The van der Waals surface area contributed by atoms with Crippen LogP contribution in [-0.2, 0) is 21.2 Å². The van der Waals surface area contributed by atoms with Crippen molar-refractivity contribution in [2.45, 2.75) is 18.2 Å². The summed E-state index contributed by atoms with van der Waals surface area (Å²) in [6.45, 7) is 2.33. The molecule has 2 rings (SSSR count). The molecule has 0 aliphatic rings. The first-order valence-corrected chi connectivity index (χ1v) is 9.41. The van der Waals surface area contributed by atoms with Gasteiger partial charge >= 0.3 is 0 Å². The molecule has 0 saturated heterocycles. The van der Waals surface area contributed by atoms with Crippen LogP contribution < -0.4 is 4.72 Å². The van der Waals surface area contributed by atoms with Crippen molar-refractivity contribution < 1.29 is 17.6 Å². The molecular weight excluding hydrogens is 343 g/mol. The molecule has 0 unspecified atom stereocenters. The summed E-state index contributed by atoms with van der Waals surface area (Å²) < 4.78 is 39.6. The third kappa shape index (κ3) is 5.95. The Kier molecular flexibility index (Phi) is 6.66. The van der Waals surface area contributed by atoms with E-state index in [4.69, 9.17) is 0 Å². The maximum atomic E-state index is 12.9. The minimum Gasteiger partial charge on any atom is -0.341 e. The third-order valence-electron chi connectivity index (χ3n) is 3.76. The van der Waals surface area contributed by atoms with Crippen molar-refractivity contribution in [3.05, 3.63) is 66.0 Å². The van der Waals surface area contributed by atoms with Crippen molar-refractivity contribution in [2.24, 2.45) is 0 Å². The summed E-state index contributed by atoms with van der Waals surface area (Å²) in [4.78, 5) is 13.3. The molecule has 0 aliphatic carbocycles. The minimum absolute atomic E-state index is 0.00689. The van der Waals surface area contributed by atoms with Crippen LogP contribution in [0.25, 0.3) is 0 Å². The summed E-state index contributed by atoms with van der Waals surface area (Å²) in [5.41, 5.74) is 1.11. The van der Waals surface area contributed by atoms with Gasteiger partial charge < -0.3 is 4.90 Å². The van der Waals surface area contributed by atoms with Crippen LogP contribution >= 0.6 is 0 Å². The lowest BCUT2D eigenvalue weighted by atomic mass is 10.1. The van der Waals surface area contributed by atoms with E-state index in [1.54, 1.807) is 4.90 Å². The van der Waals surface area contributed by atoms with Gasteiger partial charge in [-0.25, -0.2) is 17.5 Å². The van der Waals surface area contributed by atoms with Crippen molar-refractivity contribution in [1.82, 2.24) is 9.62 Å². The number of hydrogen-bond donors (Lipinski definition) is 1. The minimum atomic E-state index is -3.72. The Hall–Kier alpha value is -2.25. The van der Waals surface area contributed by atoms with Crippen molar-refractivity contribution in [1.29, 1.82) is 0 Å². The number of carbonyl (C=O) groups excluding carboxylic acids is 1. The zero-order chi connectivity index (χ0) is 18.3. The first-order valence-electron chi connectivity index (χ1n) is 7.93. The molecule has 2 aromatic carbocycles. The summed E-state index contributed by atoms with van der Waals surface area (Å²) >= 11 is 0. The monoisotopic (exact) mass is 364 g/mol. The average Bonchev–Trinajstić information content (AvgIpc) is 2.59. The Morgan fingerprint density at radius 2 is 1.68 bits per heavy atom. The fraction of sp³-hybridized carbons (Fsp3) is 0.278. The van der Waals surface area contributed by atoms with E-state index >= 15 is 0 Å². The zero-order valence-corrected chi connectivity index (χ0v) is 14.8. The van der Waals surface area contributed by atoms with Crippen LogP contribution in [0.5, 0.6) is 0 Å². The molecule has 0 saturated carbocycles. The Morgan fingerprint density at radius 1 is 1.04 bits per heavy atom. The Morgan fingerprint density at radius 3 is 2.28 bits per heavy atom. The normalized spacial score (nSPS) is 11.3. The third-order valence-corrected chi connectivity index (χ3v) is 5.23. The SMILES string of the molecule is CC(=O)N(CCNS(=O)(=O)c1ccc(F)cc1)CCc1ccccc1. The maximum Gasteiger partial charge on any atom is 0.240 e. The van der Waals surface area contributed by atoms with Gasteiger partial charge in [0.1, 0.15) is 5.82 Å². The molecule has 5 nitrogen and oxygen atoms in total. The van der Waals surface area contributed by atoms with Gasteiger partial charge in [-0.2, -0.15) is 0 Å². The standard InChI is InChI=1S/C18H21FN2O3S/c1-15(22)21(13-11-16-5-3-2-4-6-16)14-12-20-25(23,24)18-9-7-17(19)8-10-18/h2-10,20H,11-14H2,1H3. The Bertz CT molecular complexity index is 793. The number of nitrogens with one attached hydrogen (secondary N) is 1. The Labute approximate surface area is 147 Å². The summed E-state index contributed by atoms with van der Waals surface area (Å²) in [6, 6.07) is 14.4. The number of sulfonamides is 1. The van der Waals surface area contributed by atoms with Crippen molar-refractivity contribution in [3.63, 3.8) is 0 Å². The highest BCUT2D eigenvalue weighted by atomic mass is 32.2. The lowest BCUT2D eigenvalue weighted by molar-refractivity contribution is -0.128. The van der Waals surface area contributed by atoms with Crippen LogP contribution in [0.15, 0.2) is 59.5 Å². The zero-order valence-electron chi connectivity index (χ0n) is 14.0. The number of hydrogen-bond acceptors (Lipinski definition) is 3. The number of halogens is 1. The highest BCUT2D eigenvalue weighted by Crippen LogP contribution is 2.09. The van der Waals surface area contributed by atoms with Crippen LogP contribution in [0.3, 0.4) is 0 Å². The molecule has 1 amide bonds. The quantitative estimate of drug-likeness (QED) is 0.781. The van der Waals surface area contributed by atoms with Gasteiger partial charge in [0.2, 0.25) is 15.9 Å². The molecule has 2 aromatic rings. The first kappa shape index (κ1) is 19.1. The smallest absolute Gasteiger partial charge is 0.240 e. The van der Waals surface area contributed by atoms with Crippen LogP contribution in [0.1, 0.15) is 12.5 Å². The van der Waals surface area contributed by atoms with Crippen LogP contribution in [-0.4, -0.2) is 38.9 Å². The van der Waals surface area contributed by atoms with Crippen LogP contribution in [0.4, 0.5) is 4.39 Å². The van der Waals surface area contributed by atoms with E-state index in [1.807, 2.05) is 30.3 Å². The van der Waals surface area contributed by atoms with Gasteiger partial charge in [0.15, 0.2) is 0 Å². The highest BCUT2D eigenvalue weighted by molar-refractivity contribution is 7.89. The van der Waals surface area contributed by atoms with Gasteiger partial charge in [-0.1, -0.05) is 30.3 Å². The summed E-state index contributed by atoms with van der Waals surface area (Å²) in [6.07, 6.45) is 0.700. The summed E-state index contributed by atoms with van der Waals surface area (Å²) in [5.74, 6) is -0.612. The van der Waals surface area contributed by atoms with Crippen molar-refractivity contribution in [3.8, 4) is 0 Å². The van der Waals surface area contributed by atoms with E-state index in [0.29, 0.717) is 13.0 Å². The van der Waals surface area contributed by atoms with Gasteiger partial charge in [0.25, 0.3) is 0 Å². The summed E-state index contributed by atoms with van der Waals surface area (Å²) in [5, 5.41) is 0. The number of amides is 1. The molecule has 7 heteroatoms. The fourth-order valence-corrected chi connectivity index (χ4v) is 3.37. The topological polar surface area (TPSA) is 66.5 Å². The molecule has 25 heavy (non-hydrogen) atoms. The highest BCUT2D eigenvalue weighted by Gasteiger charge is 2.15. The molecule has 0 spiro atoms. The molecule has 0 fully saturated rings. The molecule has 134 valence electrons. The van der Waals surface area contributed by atoms with E-state index in [-0.39, 0.29) is 23.9 Å². The molecule has 0 radical (unpaired) electrons. The van der Waals surface area contributed by atoms with Gasteiger partial charge in [-0.3, -0.25) is 4.79 Å². The van der Waals surface area contributed by atoms with Crippen molar-refractivity contribution in [2.75, 3.05) is 19.6 Å². The molecule has 0 aromatic heterocycles. The van der Waals surface area contributed by atoms with Crippen molar-refractivity contribution >= 4 is 15.9 Å². The lowest BCUT2D eigenvalue weighted by Gasteiger charge is -2.21. The molecule has 0 aliphatic heterocycles. The predicted octanol–water partition coefficient (Wildman–Crippen LogP) is 2.20. The second-order valence-corrected chi connectivity index (χ2v) is 7.36. The Balaban J connectivity index is 1.88. The number of carbonyl (C=O) groups is 1. The van der Waals surface area contributed by atoms with E-state index in [0.717, 1.165) is 17.7 Å². The van der Waals surface area contributed by atoms with E-state index < -0.39 is 15.8 Å². The lowest BCUT2D eigenvalue weighted by Crippen LogP contribution is -2.38. The van der Waals surface area contributed by atoms with E-state index in [9.17, 15) is 17.6 Å². The maximum absolute atomic E-state index is 12.9. The van der Waals surface area contributed by atoms with E-state index in [1.165, 1.54) is 19.1 Å². The second-order valence-electron chi connectivity index (χ2n) is 5.59.